The minimum absolute atomic E-state index is 0.0423. The maximum atomic E-state index is 13.2. The summed E-state index contributed by atoms with van der Waals surface area (Å²) in [6.07, 6.45) is 0. The first-order valence-corrected chi connectivity index (χ1v) is 6.70. The number of hydrogen-bond donors (Lipinski definition) is 1. The van der Waals surface area contributed by atoms with Crippen molar-refractivity contribution in [3.05, 3.63) is 75.1 Å². The maximum absolute atomic E-state index is 13.2. The van der Waals surface area contributed by atoms with Gasteiger partial charge in [0.15, 0.2) is 0 Å². The highest BCUT2D eigenvalue weighted by Gasteiger charge is 2.13. The third kappa shape index (κ3) is 3.64. The predicted molar refractivity (Wildman–Crippen MR) is 79.5 cm³/mol. The van der Waals surface area contributed by atoms with E-state index in [9.17, 15) is 14.5 Å². The van der Waals surface area contributed by atoms with Crippen LogP contribution in [0.3, 0.4) is 0 Å². The molecule has 0 fully saturated rings. The number of rotatable bonds is 5. The first kappa shape index (κ1) is 15.1. The third-order valence-corrected chi connectivity index (χ3v) is 3.56. The van der Waals surface area contributed by atoms with Crippen molar-refractivity contribution in [1.29, 1.82) is 0 Å². The summed E-state index contributed by atoms with van der Waals surface area (Å²) >= 11 is 0. The fraction of sp³-hybridized carbons (Fsp3) is 0.250. The molecule has 0 heterocycles. The van der Waals surface area contributed by atoms with Crippen molar-refractivity contribution in [2.75, 3.05) is 0 Å². The van der Waals surface area contributed by atoms with Crippen LogP contribution in [0.1, 0.15) is 29.7 Å². The van der Waals surface area contributed by atoms with E-state index in [2.05, 4.69) is 5.32 Å². The van der Waals surface area contributed by atoms with E-state index in [0.717, 1.165) is 11.1 Å². The predicted octanol–water partition coefficient (Wildman–Crippen LogP) is 3.89. The van der Waals surface area contributed by atoms with E-state index in [1.165, 1.54) is 18.2 Å². The number of benzene rings is 2. The molecule has 2 rings (SSSR count). The average molecular weight is 288 g/mol. The van der Waals surface area contributed by atoms with Crippen molar-refractivity contribution in [2.24, 2.45) is 0 Å². The molecule has 5 heteroatoms. The second kappa shape index (κ2) is 6.45. The van der Waals surface area contributed by atoms with Crippen molar-refractivity contribution >= 4 is 5.69 Å². The molecule has 2 aromatic carbocycles. The van der Waals surface area contributed by atoms with E-state index in [0.29, 0.717) is 12.1 Å². The standard InChI is InChI=1S/C16H17FN2O2/c1-11-14(6-4-8-16(11)19(20)21)10-18-12(2)13-5-3-7-15(17)9-13/h3-9,12,18H,10H2,1-2H3/t12-/m1/s1. The summed E-state index contributed by atoms with van der Waals surface area (Å²) < 4.78 is 13.2. The molecule has 110 valence electrons. The Morgan fingerprint density at radius 2 is 2.00 bits per heavy atom. The number of hydrogen-bond acceptors (Lipinski definition) is 3. The van der Waals surface area contributed by atoms with Crippen LogP contribution in [0.5, 0.6) is 0 Å². The Bertz CT molecular complexity index is 658. The van der Waals surface area contributed by atoms with Crippen molar-refractivity contribution in [3.8, 4) is 0 Å². The van der Waals surface area contributed by atoms with Crippen LogP contribution in [0.4, 0.5) is 10.1 Å². The topological polar surface area (TPSA) is 55.2 Å². The second-order valence-electron chi connectivity index (χ2n) is 4.98. The van der Waals surface area contributed by atoms with Crippen LogP contribution in [-0.4, -0.2) is 4.92 Å². The average Bonchev–Trinajstić information content (AvgIpc) is 2.45. The molecular weight excluding hydrogens is 271 g/mol. The Balaban J connectivity index is 2.10. The molecule has 0 aliphatic heterocycles. The normalized spacial score (nSPS) is 12.1. The molecule has 0 saturated heterocycles. The van der Waals surface area contributed by atoms with Gasteiger partial charge >= 0.3 is 0 Å². The lowest BCUT2D eigenvalue weighted by Crippen LogP contribution is -2.19. The summed E-state index contributed by atoms with van der Waals surface area (Å²) in [6, 6.07) is 11.4. The fourth-order valence-corrected chi connectivity index (χ4v) is 2.22. The molecule has 0 spiro atoms. The largest absolute Gasteiger partial charge is 0.306 e. The van der Waals surface area contributed by atoms with Crippen LogP contribution in [0, 0.1) is 22.9 Å². The summed E-state index contributed by atoms with van der Waals surface area (Å²) in [5.74, 6) is -0.271. The molecule has 0 bridgehead atoms. The Labute approximate surface area is 122 Å². The van der Waals surface area contributed by atoms with Gasteiger partial charge in [0.2, 0.25) is 0 Å². The van der Waals surface area contributed by atoms with Gasteiger partial charge in [0.1, 0.15) is 5.82 Å². The van der Waals surface area contributed by atoms with Crippen LogP contribution >= 0.6 is 0 Å². The van der Waals surface area contributed by atoms with Gasteiger partial charge in [-0.2, -0.15) is 0 Å². The summed E-state index contributed by atoms with van der Waals surface area (Å²) in [7, 11) is 0. The molecule has 0 saturated carbocycles. The SMILES string of the molecule is Cc1c(CN[C@H](C)c2cccc(F)c2)cccc1[N+](=O)[O-]. The van der Waals surface area contributed by atoms with Gasteiger partial charge in [-0.05, 0) is 37.1 Å². The van der Waals surface area contributed by atoms with Gasteiger partial charge < -0.3 is 5.32 Å². The van der Waals surface area contributed by atoms with Gasteiger partial charge in [0.25, 0.3) is 5.69 Å². The molecule has 4 nitrogen and oxygen atoms in total. The third-order valence-electron chi connectivity index (χ3n) is 3.56. The number of nitrogens with zero attached hydrogens (tertiary/aromatic N) is 1. The van der Waals surface area contributed by atoms with Crippen molar-refractivity contribution < 1.29 is 9.31 Å². The fourth-order valence-electron chi connectivity index (χ4n) is 2.22. The summed E-state index contributed by atoms with van der Waals surface area (Å²) in [6.45, 7) is 4.16. The van der Waals surface area contributed by atoms with Gasteiger partial charge in [-0.3, -0.25) is 10.1 Å². The lowest BCUT2D eigenvalue weighted by atomic mass is 10.0. The first-order valence-electron chi connectivity index (χ1n) is 6.70. The van der Waals surface area contributed by atoms with E-state index < -0.39 is 0 Å². The maximum Gasteiger partial charge on any atom is 0.272 e. The van der Waals surface area contributed by atoms with Gasteiger partial charge in [-0.1, -0.05) is 24.3 Å². The number of nitro benzene ring substituents is 1. The van der Waals surface area contributed by atoms with Crippen LogP contribution in [0.25, 0.3) is 0 Å². The Kier molecular flexibility index (Phi) is 4.65. The molecule has 0 radical (unpaired) electrons. The molecule has 1 N–H and O–H groups in total. The molecular formula is C16H17FN2O2. The Morgan fingerprint density at radius 1 is 1.29 bits per heavy atom. The molecule has 21 heavy (non-hydrogen) atoms. The zero-order valence-corrected chi connectivity index (χ0v) is 12.0. The van der Waals surface area contributed by atoms with E-state index in [1.54, 1.807) is 19.1 Å². The second-order valence-corrected chi connectivity index (χ2v) is 4.98. The number of nitro groups is 1. The Morgan fingerprint density at radius 3 is 2.67 bits per heavy atom. The molecule has 0 unspecified atom stereocenters. The molecule has 0 aliphatic rings. The lowest BCUT2D eigenvalue weighted by Gasteiger charge is -2.15. The molecule has 0 aliphatic carbocycles. The first-order chi connectivity index (χ1) is 9.99. The number of nitrogens with one attached hydrogen (secondary N) is 1. The molecule has 0 aromatic heterocycles. The summed E-state index contributed by atoms with van der Waals surface area (Å²) in [5.41, 5.74) is 2.49. The van der Waals surface area contributed by atoms with Crippen LogP contribution in [0.2, 0.25) is 0 Å². The minimum Gasteiger partial charge on any atom is -0.306 e. The van der Waals surface area contributed by atoms with Gasteiger partial charge in [0.05, 0.1) is 4.92 Å². The number of halogens is 1. The quantitative estimate of drug-likeness (QED) is 0.670. The van der Waals surface area contributed by atoms with E-state index >= 15 is 0 Å². The van der Waals surface area contributed by atoms with Crippen LogP contribution < -0.4 is 5.32 Å². The highest BCUT2D eigenvalue weighted by atomic mass is 19.1. The van der Waals surface area contributed by atoms with E-state index in [4.69, 9.17) is 0 Å². The van der Waals surface area contributed by atoms with E-state index in [-0.39, 0.29) is 22.5 Å². The van der Waals surface area contributed by atoms with E-state index in [1.807, 2.05) is 19.1 Å². The summed E-state index contributed by atoms with van der Waals surface area (Å²) in [5, 5.41) is 14.2. The Hall–Kier alpha value is -2.27. The van der Waals surface area contributed by atoms with Gasteiger partial charge in [-0.15, -0.1) is 0 Å². The van der Waals surface area contributed by atoms with Gasteiger partial charge in [0, 0.05) is 24.2 Å². The lowest BCUT2D eigenvalue weighted by molar-refractivity contribution is -0.385. The summed E-state index contributed by atoms with van der Waals surface area (Å²) in [4.78, 5) is 10.5. The van der Waals surface area contributed by atoms with Crippen molar-refractivity contribution in [1.82, 2.24) is 5.32 Å². The van der Waals surface area contributed by atoms with Crippen LogP contribution in [-0.2, 0) is 6.54 Å². The molecule has 2 aromatic rings. The highest BCUT2D eigenvalue weighted by Crippen LogP contribution is 2.22. The monoisotopic (exact) mass is 288 g/mol. The van der Waals surface area contributed by atoms with Crippen molar-refractivity contribution in [3.63, 3.8) is 0 Å². The zero-order chi connectivity index (χ0) is 15.4. The van der Waals surface area contributed by atoms with Crippen molar-refractivity contribution in [2.45, 2.75) is 26.4 Å². The highest BCUT2D eigenvalue weighted by molar-refractivity contribution is 5.44. The minimum atomic E-state index is -0.380. The smallest absolute Gasteiger partial charge is 0.272 e. The van der Waals surface area contributed by atoms with Gasteiger partial charge in [-0.25, -0.2) is 4.39 Å². The van der Waals surface area contributed by atoms with Crippen LogP contribution in [0.15, 0.2) is 42.5 Å². The molecule has 1 atom stereocenters. The molecule has 0 amide bonds. The zero-order valence-electron chi connectivity index (χ0n) is 12.0.